The van der Waals surface area contributed by atoms with Gasteiger partial charge in [0.1, 0.15) is 6.04 Å². The third-order valence-electron chi connectivity index (χ3n) is 1.60. The number of nitrogens with one attached hydrogen (secondary N) is 1. The van der Waals surface area contributed by atoms with Crippen molar-refractivity contribution in [1.29, 1.82) is 0 Å². The number of amides is 1. The number of aliphatic hydroxyl groups is 1. The van der Waals surface area contributed by atoms with Crippen LogP contribution in [0.15, 0.2) is 0 Å². The molecule has 86 valence electrons. The number of nitrogens with two attached hydrogens (primary N) is 1. The van der Waals surface area contributed by atoms with Crippen LogP contribution in [0.1, 0.15) is 6.92 Å². The first kappa shape index (κ1) is 13.3. The molecule has 0 unspecified atom stereocenters. The highest BCUT2D eigenvalue weighted by Crippen LogP contribution is 1.91. The minimum atomic E-state index is -2.07. The Bertz CT molecular complexity index is 263. The van der Waals surface area contributed by atoms with Crippen molar-refractivity contribution in [2.75, 3.05) is 0 Å². The van der Waals surface area contributed by atoms with E-state index in [0.717, 1.165) is 0 Å². The third kappa shape index (κ3) is 3.92. The minimum Gasteiger partial charge on any atom is -0.479 e. The minimum absolute atomic E-state index is 1.04. The zero-order valence-electron chi connectivity index (χ0n) is 7.88. The standard InChI is InChI=1S/C7H12N2O6/c1-2(10)3(8)5(11)9-4(6(12)13)7(14)15/h2-4,10H,8H2,1H3,(H,9,11)(H,12,13)(H,14,15)/t2-,3+/m1/s1. The molecule has 0 aliphatic rings. The molecule has 0 heterocycles. The number of carboxylic acids is 2. The van der Waals surface area contributed by atoms with Crippen LogP contribution in [-0.2, 0) is 14.4 Å². The number of carbonyl (C=O) groups excluding carboxylic acids is 1. The molecule has 0 saturated heterocycles. The number of hydrogen-bond acceptors (Lipinski definition) is 5. The summed E-state index contributed by atoms with van der Waals surface area (Å²) in [7, 11) is 0. The summed E-state index contributed by atoms with van der Waals surface area (Å²) in [5, 5.41) is 27.4. The molecule has 6 N–H and O–H groups in total. The SMILES string of the molecule is C[C@@H](O)[C@H](N)C(=O)NC(C(=O)O)C(=O)O. The fourth-order valence-corrected chi connectivity index (χ4v) is 0.687. The van der Waals surface area contributed by atoms with Crippen LogP contribution in [0.25, 0.3) is 0 Å². The van der Waals surface area contributed by atoms with Crippen molar-refractivity contribution < 1.29 is 29.7 Å². The van der Waals surface area contributed by atoms with Gasteiger partial charge < -0.3 is 26.4 Å². The number of aliphatic carboxylic acids is 2. The van der Waals surface area contributed by atoms with E-state index in [1.807, 2.05) is 0 Å². The van der Waals surface area contributed by atoms with Crippen molar-refractivity contribution in [3.8, 4) is 0 Å². The van der Waals surface area contributed by atoms with E-state index in [9.17, 15) is 14.4 Å². The second-order valence-electron chi connectivity index (χ2n) is 2.88. The largest absolute Gasteiger partial charge is 0.479 e. The fraction of sp³-hybridized carbons (Fsp3) is 0.571. The topological polar surface area (TPSA) is 150 Å². The molecule has 0 saturated carbocycles. The highest BCUT2D eigenvalue weighted by Gasteiger charge is 2.30. The van der Waals surface area contributed by atoms with Crippen LogP contribution < -0.4 is 11.1 Å². The van der Waals surface area contributed by atoms with Crippen molar-refractivity contribution in [2.45, 2.75) is 25.1 Å². The molecule has 8 heteroatoms. The second kappa shape index (κ2) is 5.27. The Morgan fingerprint density at radius 2 is 1.60 bits per heavy atom. The second-order valence-corrected chi connectivity index (χ2v) is 2.88. The number of carbonyl (C=O) groups is 3. The van der Waals surface area contributed by atoms with E-state index < -0.39 is 36.0 Å². The van der Waals surface area contributed by atoms with E-state index in [2.05, 4.69) is 0 Å². The smallest absolute Gasteiger partial charge is 0.338 e. The van der Waals surface area contributed by atoms with Crippen LogP contribution in [0.3, 0.4) is 0 Å². The van der Waals surface area contributed by atoms with Gasteiger partial charge in [-0.15, -0.1) is 0 Å². The first-order chi connectivity index (χ1) is 6.77. The highest BCUT2D eigenvalue weighted by molar-refractivity contribution is 6.01. The van der Waals surface area contributed by atoms with Gasteiger partial charge >= 0.3 is 11.9 Å². The third-order valence-corrected chi connectivity index (χ3v) is 1.60. The molecule has 0 bridgehead atoms. The Morgan fingerprint density at radius 1 is 1.20 bits per heavy atom. The van der Waals surface area contributed by atoms with Crippen LogP contribution in [0.4, 0.5) is 0 Å². The molecule has 15 heavy (non-hydrogen) atoms. The zero-order valence-corrected chi connectivity index (χ0v) is 7.88. The maximum absolute atomic E-state index is 11.1. The molecule has 0 aliphatic heterocycles. The van der Waals surface area contributed by atoms with Gasteiger partial charge in [0, 0.05) is 0 Å². The van der Waals surface area contributed by atoms with Gasteiger partial charge in [0.05, 0.1) is 6.10 Å². The highest BCUT2D eigenvalue weighted by atomic mass is 16.4. The Morgan fingerprint density at radius 3 is 1.87 bits per heavy atom. The molecule has 0 aromatic rings. The Kier molecular flexibility index (Phi) is 4.68. The normalized spacial score (nSPS) is 14.4. The maximum atomic E-state index is 11.1. The quantitative estimate of drug-likeness (QED) is 0.317. The van der Waals surface area contributed by atoms with Crippen LogP contribution in [-0.4, -0.2) is 51.4 Å². The van der Waals surface area contributed by atoms with Crippen molar-refractivity contribution in [3.63, 3.8) is 0 Å². The lowest BCUT2D eigenvalue weighted by Gasteiger charge is -2.16. The first-order valence-corrected chi connectivity index (χ1v) is 3.97. The van der Waals surface area contributed by atoms with Crippen LogP contribution in [0.5, 0.6) is 0 Å². The summed E-state index contributed by atoms with van der Waals surface area (Å²) in [5.41, 5.74) is 5.16. The number of rotatable bonds is 5. The summed E-state index contributed by atoms with van der Waals surface area (Å²) in [6, 6.07) is -3.44. The molecule has 0 rings (SSSR count). The number of hydrogen-bond donors (Lipinski definition) is 5. The van der Waals surface area contributed by atoms with Crippen molar-refractivity contribution >= 4 is 17.8 Å². The van der Waals surface area contributed by atoms with Gasteiger partial charge in [-0.1, -0.05) is 0 Å². The zero-order chi connectivity index (χ0) is 12.2. The molecule has 0 aromatic heterocycles. The molecule has 0 radical (unpaired) electrons. The van der Waals surface area contributed by atoms with E-state index in [0.29, 0.717) is 0 Å². The lowest BCUT2D eigenvalue weighted by Crippen LogP contribution is -2.54. The van der Waals surface area contributed by atoms with E-state index in [1.54, 1.807) is 5.32 Å². The van der Waals surface area contributed by atoms with E-state index in [1.165, 1.54) is 6.92 Å². The fourth-order valence-electron chi connectivity index (χ4n) is 0.687. The van der Waals surface area contributed by atoms with E-state index in [-0.39, 0.29) is 0 Å². The van der Waals surface area contributed by atoms with Crippen molar-refractivity contribution in [3.05, 3.63) is 0 Å². The Hall–Kier alpha value is -1.67. The average Bonchev–Trinajstić information content (AvgIpc) is 2.11. The summed E-state index contributed by atoms with van der Waals surface area (Å²) in [4.78, 5) is 31.8. The van der Waals surface area contributed by atoms with Gasteiger partial charge in [-0.05, 0) is 6.92 Å². The molecule has 0 fully saturated rings. The molecule has 1 amide bonds. The predicted octanol–water partition coefficient (Wildman–Crippen LogP) is -2.65. The molecule has 2 atom stereocenters. The van der Waals surface area contributed by atoms with Gasteiger partial charge in [0.25, 0.3) is 0 Å². The maximum Gasteiger partial charge on any atom is 0.338 e. The Balaban J connectivity index is 4.49. The van der Waals surface area contributed by atoms with E-state index in [4.69, 9.17) is 21.1 Å². The van der Waals surface area contributed by atoms with Crippen LogP contribution in [0.2, 0.25) is 0 Å². The van der Waals surface area contributed by atoms with Crippen molar-refractivity contribution in [1.82, 2.24) is 5.32 Å². The lowest BCUT2D eigenvalue weighted by atomic mass is 10.1. The summed E-state index contributed by atoms with van der Waals surface area (Å²) in [6.07, 6.45) is -1.20. The van der Waals surface area contributed by atoms with Crippen molar-refractivity contribution in [2.24, 2.45) is 5.73 Å². The number of carboxylic acid groups (broad SMARTS) is 2. The summed E-state index contributed by atoms with van der Waals surface area (Å²) < 4.78 is 0. The molecular weight excluding hydrogens is 208 g/mol. The molecule has 0 aliphatic carbocycles. The lowest BCUT2D eigenvalue weighted by molar-refractivity contribution is -0.153. The van der Waals surface area contributed by atoms with Gasteiger partial charge in [0.15, 0.2) is 0 Å². The molecule has 0 aromatic carbocycles. The monoisotopic (exact) mass is 220 g/mol. The molecule has 8 nitrogen and oxygen atoms in total. The van der Waals surface area contributed by atoms with Gasteiger partial charge in [0.2, 0.25) is 11.9 Å². The number of aliphatic hydroxyl groups excluding tert-OH is 1. The summed E-state index contributed by atoms with van der Waals surface area (Å²) >= 11 is 0. The summed E-state index contributed by atoms with van der Waals surface area (Å²) in [6.45, 7) is 1.22. The average molecular weight is 220 g/mol. The first-order valence-electron chi connectivity index (χ1n) is 3.97. The van der Waals surface area contributed by atoms with E-state index >= 15 is 0 Å². The van der Waals surface area contributed by atoms with Gasteiger partial charge in [-0.25, -0.2) is 9.59 Å². The van der Waals surface area contributed by atoms with Gasteiger partial charge in [-0.3, -0.25) is 4.79 Å². The van der Waals surface area contributed by atoms with Crippen LogP contribution >= 0.6 is 0 Å². The van der Waals surface area contributed by atoms with Gasteiger partial charge in [-0.2, -0.15) is 0 Å². The van der Waals surface area contributed by atoms with Crippen LogP contribution in [0, 0.1) is 0 Å². The molecular formula is C7H12N2O6. The Labute approximate surface area is 84.7 Å². The predicted molar refractivity (Wildman–Crippen MR) is 46.9 cm³/mol. The molecule has 0 spiro atoms. The summed E-state index contributed by atoms with van der Waals surface area (Å²) in [5.74, 6) is -4.47.